The number of unbranched alkanes of at least 4 members (excludes halogenated alkanes) is 4. The number of hydrogen-bond donors (Lipinski definition) is 1. The number of benzene rings is 2. The van der Waals surface area contributed by atoms with E-state index in [0.29, 0.717) is 6.42 Å². The maximum atomic E-state index is 11.5. The predicted octanol–water partition coefficient (Wildman–Crippen LogP) is 7.91. The molecular weight excluding hydrogens is 372 g/mol. The van der Waals surface area contributed by atoms with Gasteiger partial charge < -0.3 is 9.84 Å². The lowest BCUT2D eigenvalue weighted by Gasteiger charge is -2.22. The summed E-state index contributed by atoms with van der Waals surface area (Å²) in [7, 11) is 0. The van der Waals surface area contributed by atoms with Crippen molar-refractivity contribution < 1.29 is 14.6 Å². The molecule has 0 aromatic heterocycles. The van der Waals surface area contributed by atoms with Crippen molar-refractivity contribution in [3.63, 3.8) is 0 Å². The summed E-state index contributed by atoms with van der Waals surface area (Å²) in [6.07, 6.45) is 10.1. The third-order valence-electron chi connectivity index (χ3n) is 5.75. The second kappa shape index (κ2) is 13.8. The van der Waals surface area contributed by atoms with Crippen LogP contribution in [0.15, 0.2) is 48.5 Å². The first-order valence-corrected chi connectivity index (χ1v) is 11.7. The first-order valence-electron chi connectivity index (χ1n) is 11.7. The van der Waals surface area contributed by atoms with Crippen molar-refractivity contribution in [2.24, 2.45) is 0 Å². The molecule has 3 heteroatoms. The topological polar surface area (TPSA) is 46.5 Å². The predicted molar refractivity (Wildman–Crippen MR) is 124 cm³/mol. The van der Waals surface area contributed by atoms with E-state index >= 15 is 0 Å². The molecule has 30 heavy (non-hydrogen) atoms. The Bertz CT molecular complexity index is 739. The molecule has 0 saturated heterocycles. The average molecular weight is 411 g/mol. The molecule has 0 saturated carbocycles. The van der Waals surface area contributed by atoms with Crippen molar-refractivity contribution >= 4 is 6.16 Å². The molecule has 164 valence electrons. The molecule has 2 aromatic rings. The molecule has 2 aromatic carbocycles. The van der Waals surface area contributed by atoms with Gasteiger partial charge in [0.1, 0.15) is 6.10 Å². The highest BCUT2D eigenvalue weighted by atomic mass is 16.7. The Balaban J connectivity index is 2.20. The van der Waals surface area contributed by atoms with Crippen LogP contribution in [0.5, 0.6) is 0 Å². The zero-order valence-electron chi connectivity index (χ0n) is 18.7. The Hall–Kier alpha value is -2.29. The largest absolute Gasteiger partial charge is 0.506 e. The monoisotopic (exact) mass is 410 g/mol. The van der Waals surface area contributed by atoms with Gasteiger partial charge in [0.05, 0.1) is 0 Å². The Labute approximate surface area is 182 Å². The van der Waals surface area contributed by atoms with Gasteiger partial charge in [0.25, 0.3) is 0 Å². The van der Waals surface area contributed by atoms with Crippen molar-refractivity contribution in [1.29, 1.82) is 0 Å². The summed E-state index contributed by atoms with van der Waals surface area (Å²) in [5, 5.41) is 9.39. The van der Waals surface area contributed by atoms with E-state index in [4.69, 9.17) is 4.74 Å². The lowest BCUT2D eigenvalue weighted by molar-refractivity contribution is 0.0463. The van der Waals surface area contributed by atoms with Crippen LogP contribution in [0.1, 0.15) is 93.6 Å². The van der Waals surface area contributed by atoms with Gasteiger partial charge in [-0.1, -0.05) is 88.1 Å². The number of ether oxygens (including phenoxy) is 1. The molecule has 0 fully saturated rings. The summed E-state index contributed by atoms with van der Waals surface area (Å²) in [5.41, 5.74) is 5.06. The molecule has 1 atom stereocenters. The Morgan fingerprint density at radius 1 is 0.833 bits per heavy atom. The van der Waals surface area contributed by atoms with E-state index in [-0.39, 0.29) is 0 Å². The van der Waals surface area contributed by atoms with Crippen LogP contribution in [0.4, 0.5) is 4.79 Å². The molecule has 1 N–H and O–H groups in total. The summed E-state index contributed by atoms with van der Waals surface area (Å²) in [6, 6.07) is 16.7. The van der Waals surface area contributed by atoms with E-state index in [2.05, 4.69) is 44.2 Å². The first-order chi connectivity index (χ1) is 14.7. The molecule has 0 aliphatic carbocycles. The normalized spacial score (nSPS) is 11.9. The minimum Gasteiger partial charge on any atom is -0.450 e. The number of carbonyl (C=O) groups is 1. The summed E-state index contributed by atoms with van der Waals surface area (Å²) in [4.78, 5) is 11.5. The van der Waals surface area contributed by atoms with Crippen LogP contribution in [0.3, 0.4) is 0 Å². The van der Waals surface area contributed by atoms with Gasteiger partial charge in [0, 0.05) is 0 Å². The van der Waals surface area contributed by atoms with Gasteiger partial charge in [-0.25, -0.2) is 4.79 Å². The fourth-order valence-corrected chi connectivity index (χ4v) is 4.15. The fourth-order valence-electron chi connectivity index (χ4n) is 4.15. The van der Waals surface area contributed by atoms with Gasteiger partial charge in [-0.3, -0.25) is 0 Å². The van der Waals surface area contributed by atoms with Crippen molar-refractivity contribution in [2.75, 3.05) is 0 Å². The van der Waals surface area contributed by atoms with E-state index in [0.717, 1.165) is 37.7 Å². The molecule has 1 unspecified atom stereocenters. The third kappa shape index (κ3) is 8.22. The zero-order valence-corrected chi connectivity index (χ0v) is 18.7. The lowest BCUT2D eigenvalue weighted by Crippen LogP contribution is -2.13. The summed E-state index contributed by atoms with van der Waals surface area (Å²) < 4.78 is 5.42. The second-order valence-corrected chi connectivity index (χ2v) is 8.15. The quantitative estimate of drug-likeness (QED) is 0.254. The maximum absolute atomic E-state index is 11.5. The highest BCUT2D eigenvalue weighted by Gasteiger charge is 2.21. The van der Waals surface area contributed by atoms with Crippen molar-refractivity contribution in [3.8, 4) is 0 Å². The number of rotatable bonds is 14. The van der Waals surface area contributed by atoms with E-state index in [1.54, 1.807) is 0 Å². The van der Waals surface area contributed by atoms with Crippen LogP contribution >= 0.6 is 0 Å². The Kier molecular flexibility index (Phi) is 11.1. The van der Waals surface area contributed by atoms with Gasteiger partial charge in [0.2, 0.25) is 0 Å². The van der Waals surface area contributed by atoms with Crippen molar-refractivity contribution in [2.45, 2.75) is 90.6 Å². The minimum atomic E-state index is -1.18. The van der Waals surface area contributed by atoms with Gasteiger partial charge in [-0.15, -0.1) is 0 Å². The second-order valence-electron chi connectivity index (χ2n) is 8.15. The molecular formula is C27H38O3. The first kappa shape index (κ1) is 24.0. The molecule has 0 aliphatic rings. The highest BCUT2D eigenvalue weighted by molar-refractivity contribution is 5.57. The van der Waals surface area contributed by atoms with Crippen molar-refractivity contribution in [3.05, 3.63) is 70.8 Å². The van der Waals surface area contributed by atoms with Gasteiger partial charge in [-0.05, 0) is 67.2 Å². The standard InChI is InChI=1S/C27H38O3/c1-3-5-8-17-23-18-13-20-25(24(23)19-9-6-4-2)26(30-27(28)29)21-12-16-22-14-10-7-11-15-22/h7,10-11,13-15,18,20,26H,3-6,8-9,12,16-17,19,21H2,1-2H3,(H,28,29). The number of aryl methyl sites for hydroxylation is 2. The smallest absolute Gasteiger partial charge is 0.450 e. The molecule has 2 rings (SSSR count). The molecule has 0 bridgehead atoms. The van der Waals surface area contributed by atoms with Crippen LogP contribution in [0.2, 0.25) is 0 Å². The summed E-state index contributed by atoms with van der Waals surface area (Å²) in [5.74, 6) is 0. The van der Waals surface area contributed by atoms with E-state index in [1.165, 1.54) is 48.8 Å². The van der Waals surface area contributed by atoms with Crippen LogP contribution in [0.25, 0.3) is 0 Å². The molecule has 3 nitrogen and oxygen atoms in total. The fraction of sp³-hybridized carbons (Fsp3) is 0.519. The van der Waals surface area contributed by atoms with Gasteiger partial charge in [0.15, 0.2) is 0 Å². The van der Waals surface area contributed by atoms with Crippen LogP contribution in [-0.4, -0.2) is 11.3 Å². The average Bonchev–Trinajstić information content (AvgIpc) is 2.74. The van der Waals surface area contributed by atoms with Crippen LogP contribution in [-0.2, 0) is 24.0 Å². The van der Waals surface area contributed by atoms with Crippen molar-refractivity contribution in [1.82, 2.24) is 0 Å². The Morgan fingerprint density at radius 3 is 2.20 bits per heavy atom. The van der Waals surface area contributed by atoms with E-state index in [9.17, 15) is 9.90 Å². The lowest BCUT2D eigenvalue weighted by atomic mass is 9.89. The molecule has 0 heterocycles. The van der Waals surface area contributed by atoms with Gasteiger partial charge in [-0.2, -0.15) is 0 Å². The molecule has 0 radical (unpaired) electrons. The van der Waals surface area contributed by atoms with Crippen LogP contribution in [0, 0.1) is 0 Å². The van der Waals surface area contributed by atoms with E-state index < -0.39 is 12.3 Å². The Morgan fingerprint density at radius 2 is 1.53 bits per heavy atom. The van der Waals surface area contributed by atoms with Crippen LogP contribution < -0.4 is 0 Å². The summed E-state index contributed by atoms with van der Waals surface area (Å²) >= 11 is 0. The van der Waals surface area contributed by atoms with Gasteiger partial charge >= 0.3 is 6.16 Å². The molecule has 0 amide bonds. The van der Waals surface area contributed by atoms with E-state index in [1.807, 2.05) is 18.2 Å². The maximum Gasteiger partial charge on any atom is 0.506 e. The number of carboxylic acid groups (broad SMARTS) is 1. The minimum absolute atomic E-state index is 0.394. The number of hydrogen-bond acceptors (Lipinski definition) is 2. The zero-order chi connectivity index (χ0) is 21.6. The third-order valence-corrected chi connectivity index (χ3v) is 5.75. The molecule has 0 aliphatic heterocycles. The SMILES string of the molecule is CCCCCc1cccc(C(CCCc2ccccc2)OC(=O)O)c1CCCCC. The summed E-state index contributed by atoms with van der Waals surface area (Å²) in [6.45, 7) is 4.44. The highest BCUT2D eigenvalue weighted by Crippen LogP contribution is 2.31. The molecule has 0 spiro atoms.